The van der Waals surface area contributed by atoms with Crippen LogP contribution >= 0.6 is 0 Å². The van der Waals surface area contributed by atoms with E-state index in [9.17, 15) is 19.5 Å². The quantitative estimate of drug-likeness (QED) is 0.0800. The van der Waals surface area contributed by atoms with Gasteiger partial charge in [0.25, 0.3) is 5.91 Å². The second kappa shape index (κ2) is 17.2. The number of carbonyl (C=O) groups is 3. The van der Waals surface area contributed by atoms with Crippen molar-refractivity contribution in [1.29, 1.82) is 0 Å². The summed E-state index contributed by atoms with van der Waals surface area (Å²) in [5.74, 6) is 0.358. The zero-order chi connectivity index (χ0) is 37.4. The molecule has 2 saturated heterocycles. The molecule has 1 unspecified atom stereocenters. The van der Waals surface area contributed by atoms with Gasteiger partial charge in [0, 0.05) is 50.4 Å². The number of anilines is 1. The molecule has 4 aromatic carbocycles. The number of nitrogens with zero attached hydrogens (tertiary/aromatic N) is 3. The number of carbonyl (C=O) groups excluding carboxylic acids is 3. The van der Waals surface area contributed by atoms with Crippen LogP contribution in [-0.4, -0.2) is 78.0 Å². The van der Waals surface area contributed by atoms with Crippen molar-refractivity contribution in [3.63, 3.8) is 0 Å². The first-order valence-corrected chi connectivity index (χ1v) is 19.4. The minimum Gasteiger partial charge on any atom is -0.508 e. The van der Waals surface area contributed by atoms with Gasteiger partial charge in [-0.2, -0.15) is 0 Å². The van der Waals surface area contributed by atoms with Crippen molar-refractivity contribution in [1.82, 2.24) is 15.1 Å². The van der Waals surface area contributed by atoms with Crippen molar-refractivity contribution in [2.45, 2.75) is 64.5 Å². The standard InChI is InChI=1S/C45H50N4O5/c1-2-39(32-10-6-5-7-11-32)43(33-12-17-37(50)18-13-33)34-14-19-38(20-15-34)54-29-9-4-3-8-24-47-25-27-48(28-26-47)36-16-21-40-35(30-36)31-49(45(40)53)41-22-23-42(51)46-44(41)52/h5-7,10-21,30,41,50H,2-4,8-9,22-29,31H2,1H3,(H,46,51,52). The summed E-state index contributed by atoms with van der Waals surface area (Å²) in [7, 11) is 0. The van der Waals surface area contributed by atoms with Crippen molar-refractivity contribution in [3.8, 4) is 11.5 Å². The van der Waals surface area contributed by atoms with Crippen LogP contribution in [0.3, 0.4) is 0 Å². The largest absolute Gasteiger partial charge is 0.508 e. The second-order valence-electron chi connectivity index (χ2n) is 14.5. The van der Waals surface area contributed by atoms with Gasteiger partial charge < -0.3 is 19.6 Å². The van der Waals surface area contributed by atoms with Gasteiger partial charge in [0.2, 0.25) is 11.8 Å². The number of piperidine rings is 1. The van der Waals surface area contributed by atoms with Crippen LogP contribution in [0, 0.1) is 0 Å². The van der Waals surface area contributed by atoms with Gasteiger partial charge in [-0.15, -0.1) is 0 Å². The Morgan fingerprint density at radius 3 is 2.20 bits per heavy atom. The summed E-state index contributed by atoms with van der Waals surface area (Å²) in [5.41, 5.74) is 8.54. The lowest BCUT2D eigenvalue weighted by Crippen LogP contribution is -2.52. The molecule has 0 bridgehead atoms. The number of nitrogens with one attached hydrogen (secondary N) is 1. The van der Waals surface area contributed by atoms with Gasteiger partial charge in [-0.1, -0.05) is 74.4 Å². The van der Waals surface area contributed by atoms with Crippen LogP contribution in [0.2, 0.25) is 0 Å². The van der Waals surface area contributed by atoms with Gasteiger partial charge in [-0.3, -0.25) is 24.6 Å². The van der Waals surface area contributed by atoms with Crippen LogP contribution in [0.5, 0.6) is 11.5 Å². The van der Waals surface area contributed by atoms with Crippen LogP contribution in [0.4, 0.5) is 5.69 Å². The molecule has 9 nitrogen and oxygen atoms in total. The molecule has 4 aromatic rings. The monoisotopic (exact) mass is 726 g/mol. The summed E-state index contributed by atoms with van der Waals surface area (Å²) < 4.78 is 6.15. The molecule has 9 heteroatoms. The smallest absolute Gasteiger partial charge is 0.255 e. The highest BCUT2D eigenvalue weighted by Crippen LogP contribution is 2.36. The molecule has 0 aromatic heterocycles. The van der Waals surface area contributed by atoms with Crippen molar-refractivity contribution >= 4 is 34.6 Å². The Balaban J connectivity index is 0.829. The molecule has 3 aliphatic rings. The van der Waals surface area contributed by atoms with Crippen LogP contribution in [-0.2, 0) is 16.1 Å². The number of fused-ring (bicyclic) bond motifs is 1. The molecule has 280 valence electrons. The third kappa shape index (κ3) is 8.52. The molecule has 1 atom stereocenters. The molecule has 3 heterocycles. The van der Waals surface area contributed by atoms with E-state index in [1.54, 1.807) is 17.0 Å². The van der Waals surface area contributed by atoms with Gasteiger partial charge in [-0.25, -0.2) is 0 Å². The normalized spacial score (nSPS) is 18.0. The Hall–Kier alpha value is -5.41. The molecule has 54 heavy (non-hydrogen) atoms. The van der Waals surface area contributed by atoms with E-state index >= 15 is 0 Å². The molecule has 0 saturated carbocycles. The fourth-order valence-corrected chi connectivity index (χ4v) is 7.99. The average molecular weight is 727 g/mol. The van der Waals surface area contributed by atoms with Crippen LogP contribution < -0.4 is 15.0 Å². The predicted octanol–water partition coefficient (Wildman–Crippen LogP) is 7.28. The zero-order valence-electron chi connectivity index (χ0n) is 31.1. The molecule has 0 aliphatic carbocycles. The van der Waals surface area contributed by atoms with Gasteiger partial charge in [0.15, 0.2) is 0 Å². The van der Waals surface area contributed by atoms with Crippen LogP contribution in [0.15, 0.2) is 97.1 Å². The van der Waals surface area contributed by atoms with E-state index in [0.717, 1.165) is 85.7 Å². The van der Waals surface area contributed by atoms with Crippen molar-refractivity contribution in [3.05, 3.63) is 125 Å². The van der Waals surface area contributed by atoms with E-state index in [0.29, 0.717) is 25.1 Å². The Labute approximate surface area is 318 Å². The fourth-order valence-electron chi connectivity index (χ4n) is 7.99. The number of rotatable bonds is 14. The second-order valence-corrected chi connectivity index (χ2v) is 14.5. The van der Waals surface area contributed by atoms with E-state index in [-0.39, 0.29) is 29.9 Å². The lowest BCUT2D eigenvalue weighted by molar-refractivity contribution is -0.136. The number of imide groups is 1. The molecule has 2 fully saturated rings. The highest BCUT2D eigenvalue weighted by Gasteiger charge is 2.39. The van der Waals surface area contributed by atoms with Gasteiger partial charge in [-0.05, 0) is 108 Å². The first kappa shape index (κ1) is 36.9. The Kier molecular flexibility index (Phi) is 11.7. The van der Waals surface area contributed by atoms with Gasteiger partial charge in [0.05, 0.1) is 6.61 Å². The minimum atomic E-state index is -0.588. The molecule has 3 amide bonds. The molecule has 0 radical (unpaired) electrons. The summed E-state index contributed by atoms with van der Waals surface area (Å²) >= 11 is 0. The Morgan fingerprint density at radius 1 is 0.796 bits per heavy atom. The molecular formula is C45H50N4O5. The zero-order valence-corrected chi connectivity index (χ0v) is 31.1. The summed E-state index contributed by atoms with van der Waals surface area (Å²) in [6.07, 6.45) is 6.00. The summed E-state index contributed by atoms with van der Waals surface area (Å²) in [6.45, 7) is 8.27. The summed E-state index contributed by atoms with van der Waals surface area (Å²) in [4.78, 5) is 43.6. The topological polar surface area (TPSA) is 102 Å². The van der Waals surface area contributed by atoms with Crippen LogP contribution in [0.1, 0.15) is 84.5 Å². The van der Waals surface area contributed by atoms with E-state index < -0.39 is 6.04 Å². The molecule has 2 N–H and O–H groups in total. The number of aromatic hydroxyl groups is 1. The summed E-state index contributed by atoms with van der Waals surface area (Å²) in [5, 5.41) is 12.3. The molecule has 3 aliphatic heterocycles. The molecular weight excluding hydrogens is 677 g/mol. The Bertz CT molecular complexity index is 1970. The Morgan fingerprint density at radius 2 is 1.50 bits per heavy atom. The maximum Gasteiger partial charge on any atom is 0.255 e. The van der Waals surface area contributed by atoms with E-state index in [1.807, 2.05) is 30.3 Å². The van der Waals surface area contributed by atoms with Crippen molar-refractivity contribution in [2.75, 3.05) is 44.2 Å². The predicted molar refractivity (Wildman–Crippen MR) is 212 cm³/mol. The third-order valence-corrected chi connectivity index (χ3v) is 11.0. The van der Waals surface area contributed by atoms with E-state index in [2.05, 4.69) is 76.6 Å². The number of unbranched alkanes of at least 4 members (excludes halogenated alkanes) is 3. The number of phenolic OH excluding ortho intramolecular Hbond substituents is 1. The minimum absolute atomic E-state index is 0.129. The number of hydrogen-bond acceptors (Lipinski definition) is 7. The number of amides is 3. The number of benzene rings is 4. The lowest BCUT2D eigenvalue weighted by Gasteiger charge is -2.36. The first-order valence-electron chi connectivity index (χ1n) is 19.4. The van der Waals surface area contributed by atoms with Gasteiger partial charge in [0.1, 0.15) is 17.5 Å². The SMILES string of the molecule is CCC(=C(c1ccc(O)cc1)c1ccc(OCCCCCCN2CCN(c3ccc4c(c3)CN(C3CCC(=O)NC3=O)C4=O)CC2)cc1)c1ccccc1. The number of ether oxygens (including phenoxy) is 1. The van der Waals surface area contributed by atoms with Crippen molar-refractivity contribution < 1.29 is 24.2 Å². The highest BCUT2D eigenvalue weighted by molar-refractivity contribution is 6.05. The maximum absolute atomic E-state index is 13.1. The van der Waals surface area contributed by atoms with Crippen molar-refractivity contribution in [2.24, 2.45) is 0 Å². The average Bonchev–Trinajstić information content (AvgIpc) is 3.52. The molecule has 7 rings (SSSR count). The number of hydrogen-bond donors (Lipinski definition) is 2. The maximum atomic E-state index is 13.1. The fraction of sp³-hybridized carbons (Fsp3) is 0.356. The van der Waals surface area contributed by atoms with E-state index in [1.165, 1.54) is 24.0 Å². The molecule has 0 spiro atoms. The van der Waals surface area contributed by atoms with E-state index in [4.69, 9.17) is 4.74 Å². The lowest BCUT2D eigenvalue weighted by atomic mass is 9.88. The number of allylic oxidation sites excluding steroid dienone is 1. The first-order chi connectivity index (χ1) is 26.4. The summed E-state index contributed by atoms with van der Waals surface area (Å²) in [6, 6.07) is 31.8. The van der Waals surface area contributed by atoms with Gasteiger partial charge >= 0.3 is 0 Å². The highest BCUT2D eigenvalue weighted by atomic mass is 16.5. The van der Waals surface area contributed by atoms with Crippen LogP contribution in [0.25, 0.3) is 11.1 Å². The number of phenols is 1. The third-order valence-electron chi connectivity index (χ3n) is 11.0. The number of piperazine rings is 1.